The zero-order chi connectivity index (χ0) is 22.7. The number of aromatic hydroxyl groups is 1. The van der Waals surface area contributed by atoms with E-state index in [4.69, 9.17) is 9.47 Å². The van der Waals surface area contributed by atoms with Crippen LogP contribution in [-0.2, 0) is 14.3 Å². The van der Waals surface area contributed by atoms with Crippen molar-refractivity contribution < 1.29 is 29.0 Å². The maximum absolute atomic E-state index is 13.1. The second-order valence-corrected chi connectivity index (χ2v) is 9.11. The topological polar surface area (TPSA) is 89.9 Å². The molecule has 0 aliphatic carbocycles. The minimum absolute atomic E-state index is 0.0816. The molecule has 168 valence electrons. The Kier molecular flexibility index (Phi) is 6.74. The number of Topliss-reactive ketones (excluding diaryl/α,β-unsaturated/α-hetero) is 1. The molecule has 4 rings (SSSR count). The fraction of sp³-hybridized carbons (Fsp3) is 0.400. The van der Waals surface area contributed by atoms with Crippen LogP contribution in [0.15, 0.2) is 29.0 Å². The van der Waals surface area contributed by atoms with E-state index in [1.807, 2.05) is 22.9 Å². The third-order valence-electron chi connectivity index (χ3n) is 5.92. The summed E-state index contributed by atoms with van der Waals surface area (Å²) >= 11 is 1.50. The first-order valence-electron chi connectivity index (χ1n) is 11.0. The van der Waals surface area contributed by atoms with Crippen LogP contribution >= 0.6 is 11.3 Å². The van der Waals surface area contributed by atoms with Crippen LogP contribution in [0.4, 0.5) is 0 Å². The molecule has 2 aliphatic heterocycles. The number of allylic oxidation sites excluding steroid dienone is 1. The van der Waals surface area contributed by atoms with Gasteiger partial charge >= 0.3 is 11.9 Å². The number of fused-ring (bicyclic) bond motifs is 2. The molecule has 0 saturated heterocycles. The highest BCUT2D eigenvalue weighted by Gasteiger charge is 2.35. The average Bonchev–Trinajstić information content (AvgIpc) is 3.27. The highest BCUT2D eigenvalue weighted by molar-refractivity contribution is 7.08. The minimum Gasteiger partial charge on any atom is -0.507 e. The summed E-state index contributed by atoms with van der Waals surface area (Å²) in [6, 6.07) is 3.53. The Labute approximate surface area is 190 Å². The van der Waals surface area contributed by atoms with Crippen molar-refractivity contribution in [3.8, 4) is 11.5 Å². The largest absolute Gasteiger partial charge is 0.507 e. The van der Waals surface area contributed by atoms with Crippen LogP contribution in [0.3, 0.4) is 0 Å². The SMILES string of the molecule is C[C@@H]1CCCC(=O)CCC/C=C/c2cc3c(c(O)c2C(=O)O1)[C@@H](c1ccsc1)CC(=O)O3. The molecule has 7 heteroatoms. The lowest BCUT2D eigenvalue weighted by Gasteiger charge is -2.27. The van der Waals surface area contributed by atoms with E-state index in [1.165, 1.54) is 11.3 Å². The second kappa shape index (κ2) is 9.69. The molecular formula is C25H26O6S. The number of cyclic esters (lactones) is 1. The van der Waals surface area contributed by atoms with E-state index in [2.05, 4.69) is 0 Å². The summed E-state index contributed by atoms with van der Waals surface area (Å²) in [5.74, 6) is -1.13. The summed E-state index contributed by atoms with van der Waals surface area (Å²) in [6.45, 7) is 1.79. The normalized spacial score (nSPS) is 23.3. The van der Waals surface area contributed by atoms with Crippen LogP contribution in [0.5, 0.6) is 11.5 Å². The van der Waals surface area contributed by atoms with Crippen molar-refractivity contribution in [3.05, 3.63) is 51.2 Å². The number of benzene rings is 1. The first-order chi connectivity index (χ1) is 15.4. The lowest BCUT2D eigenvalue weighted by atomic mass is 9.84. The summed E-state index contributed by atoms with van der Waals surface area (Å²) in [4.78, 5) is 37.4. The van der Waals surface area contributed by atoms with Gasteiger partial charge in [-0.3, -0.25) is 9.59 Å². The number of hydrogen-bond donors (Lipinski definition) is 1. The van der Waals surface area contributed by atoms with E-state index in [-0.39, 0.29) is 35.2 Å². The Bertz CT molecular complexity index is 1050. The van der Waals surface area contributed by atoms with Gasteiger partial charge < -0.3 is 14.6 Å². The van der Waals surface area contributed by atoms with Crippen LogP contribution in [0.2, 0.25) is 0 Å². The standard InChI is InChI=1S/C25H26O6S/c1-15-6-5-9-18(26)8-4-2-3-7-16-12-20-23(24(28)22(16)25(29)30-15)19(13-21(27)31-20)17-10-11-32-14-17/h3,7,10-12,14-15,19,28H,2,4-6,8-9,13H2,1H3/b7-3+/t15-,19-/m1/s1. The first-order valence-corrected chi connectivity index (χ1v) is 11.9. The highest BCUT2D eigenvalue weighted by atomic mass is 32.1. The molecule has 1 aromatic heterocycles. The number of rotatable bonds is 1. The average molecular weight is 455 g/mol. The molecule has 6 nitrogen and oxygen atoms in total. The molecular weight excluding hydrogens is 428 g/mol. The smallest absolute Gasteiger partial charge is 0.342 e. The monoisotopic (exact) mass is 454 g/mol. The van der Waals surface area contributed by atoms with Gasteiger partial charge in [-0.25, -0.2) is 4.79 Å². The fourth-order valence-corrected chi connectivity index (χ4v) is 4.99. The number of thiophene rings is 1. The van der Waals surface area contributed by atoms with E-state index in [9.17, 15) is 19.5 Å². The molecule has 0 bridgehead atoms. The summed E-state index contributed by atoms with van der Waals surface area (Å²) < 4.78 is 11.1. The molecule has 1 N–H and O–H groups in total. The number of ketones is 1. The number of phenols is 1. The lowest BCUT2D eigenvalue weighted by Crippen LogP contribution is -2.23. The molecule has 2 aliphatic rings. The van der Waals surface area contributed by atoms with E-state index >= 15 is 0 Å². The van der Waals surface area contributed by atoms with Gasteiger partial charge in [-0.05, 0) is 66.6 Å². The Morgan fingerprint density at radius 3 is 2.75 bits per heavy atom. The van der Waals surface area contributed by atoms with Crippen LogP contribution in [0, 0.1) is 0 Å². The third kappa shape index (κ3) is 4.78. The Hall–Kier alpha value is -2.93. The predicted molar refractivity (Wildman–Crippen MR) is 121 cm³/mol. The summed E-state index contributed by atoms with van der Waals surface area (Å²) in [7, 11) is 0. The number of carbonyl (C=O) groups is 3. The van der Waals surface area contributed by atoms with Crippen LogP contribution in [0.1, 0.15) is 84.8 Å². The molecule has 3 heterocycles. The third-order valence-corrected chi connectivity index (χ3v) is 6.63. The Balaban J connectivity index is 1.79. The van der Waals surface area contributed by atoms with Gasteiger partial charge in [-0.1, -0.05) is 12.2 Å². The maximum atomic E-state index is 13.1. The molecule has 0 spiro atoms. The molecule has 32 heavy (non-hydrogen) atoms. The van der Waals surface area contributed by atoms with Crippen molar-refractivity contribution in [2.45, 2.75) is 63.9 Å². The molecule has 0 amide bonds. The highest BCUT2D eigenvalue weighted by Crippen LogP contribution is 2.47. The van der Waals surface area contributed by atoms with Gasteiger partial charge in [0.25, 0.3) is 0 Å². The van der Waals surface area contributed by atoms with Crippen LogP contribution in [-0.4, -0.2) is 28.9 Å². The lowest BCUT2D eigenvalue weighted by molar-refractivity contribution is -0.135. The van der Waals surface area contributed by atoms with Gasteiger partial charge in [0.2, 0.25) is 0 Å². The molecule has 0 radical (unpaired) electrons. The first kappa shape index (κ1) is 22.3. The number of ether oxygens (including phenoxy) is 2. The van der Waals surface area contributed by atoms with Crippen molar-refractivity contribution in [1.82, 2.24) is 0 Å². The van der Waals surface area contributed by atoms with Crippen molar-refractivity contribution >= 4 is 35.1 Å². The van der Waals surface area contributed by atoms with Gasteiger partial charge in [0.15, 0.2) is 0 Å². The van der Waals surface area contributed by atoms with Gasteiger partial charge in [0.05, 0.1) is 12.5 Å². The van der Waals surface area contributed by atoms with Gasteiger partial charge in [0, 0.05) is 24.3 Å². The van der Waals surface area contributed by atoms with E-state index in [0.717, 1.165) is 12.0 Å². The predicted octanol–water partition coefficient (Wildman–Crippen LogP) is 5.38. The summed E-state index contributed by atoms with van der Waals surface area (Å²) in [6.07, 6.45) is 6.88. The van der Waals surface area contributed by atoms with Crippen molar-refractivity contribution in [2.24, 2.45) is 0 Å². The van der Waals surface area contributed by atoms with E-state index in [0.29, 0.717) is 43.2 Å². The van der Waals surface area contributed by atoms with Crippen LogP contribution < -0.4 is 4.74 Å². The number of carbonyl (C=O) groups excluding carboxylic acids is 3. The zero-order valence-corrected chi connectivity index (χ0v) is 18.8. The van der Waals surface area contributed by atoms with Crippen molar-refractivity contribution in [2.75, 3.05) is 0 Å². The van der Waals surface area contributed by atoms with Gasteiger partial charge in [-0.15, -0.1) is 0 Å². The summed E-state index contributed by atoms with van der Waals surface area (Å²) in [5.41, 5.74) is 1.84. The zero-order valence-electron chi connectivity index (χ0n) is 18.0. The van der Waals surface area contributed by atoms with Gasteiger partial charge in [0.1, 0.15) is 22.8 Å². The second-order valence-electron chi connectivity index (χ2n) is 8.33. The van der Waals surface area contributed by atoms with E-state index in [1.54, 1.807) is 19.1 Å². The van der Waals surface area contributed by atoms with Crippen molar-refractivity contribution in [1.29, 1.82) is 0 Å². The molecule has 0 fully saturated rings. The Morgan fingerprint density at radius 2 is 1.97 bits per heavy atom. The number of esters is 2. The molecule has 0 unspecified atom stereocenters. The van der Waals surface area contributed by atoms with Crippen LogP contribution in [0.25, 0.3) is 6.08 Å². The number of hydrogen-bond acceptors (Lipinski definition) is 7. The molecule has 2 atom stereocenters. The quantitative estimate of drug-likeness (QED) is 0.460. The minimum atomic E-state index is -0.623. The molecule has 0 saturated carbocycles. The maximum Gasteiger partial charge on any atom is 0.342 e. The number of phenolic OH excluding ortho intramolecular Hbond substituents is 1. The Morgan fingerprint density at radius 1 is 1.16 bits per heavy atom. The van der Waals surface area contributed by atoms with Crippen molar-refractivity contribution in [3.63, 3.8) is 0 Å². The fourth-order valence-electron chi connectivity index (χ4n) is 4.28. The van der Waals surface area contributed by atoms with Gasteiger partial charge in [-0.2, -0.15) is 11.3 Å². The molecule has 1 aromatic carbocycles. The summed E-state index contributed by atoms with van der Waals surface area (Å²) in [5, 5.41) is 15.1. The molecule has 2 aromatic rings. The van der Waals surface area contributed by atoms with E-state index < -0.39 is 18.0 Å².